The maximum atomic E-state index is 5.79. The van der Waals surface area contributed by atoms with Crippen molar-refractivity contribution in [2.45, 2.75) is 43.9 Å². The highest BCUT2D eigenvalue weighted by Crippen LogP contribution is 2.41. The summed E-state index contributed by atoms with van der Waals surface area (Å²) in [5, 5.41) is 3.32. The minimum Gasteiger partial charge on any atom is -0.462 e. The topological polar surface area (TPSA) is 43.6 Å². The molecule has 18 heavy (non-hydrogen) atoms. The first-order chi connectivity index (χ1) is 8.73. The lowest BCUT2D eigenvalue weighted by Gasteiger charge is -2.42. The number of rotatable bonds is 7. The monoisotopic (exact) mass is 253 g/mol. The highest BCUT2D eigenvalue weighted by Gasteiger charge is 2.39. The fraction of sp³-hybridized carbons (Fsp3) is 0.714. The largest absolute Gasteiger partial charge is 0.462 e. The maximum absolute atomic E-state index is 5.79. The van der Waals surface area contributed by atoms with Gasteiger partial charge in [0.05, 0.1) is 11.6 Å². The second kappa shape index (κ2) is 5.87. The van der Waals surface area contributed by atoms with Crippen molar-refractivity contribution in [2.75, 3.05) is 21.3 Å². The van der Waals surface area contributed by atoms with Gasteiger partial charge in [0.1, 0.15) is 18.1 Å². The highest BCUT2D eigenvalue weighted by atomic mass is 16.5. The van der Waals surface area contributed by atoms with Crippen LogP contribution in [0.3, 0.4) is 0 Å². The molecule has 1 aromatic rings. The Balaban J connectivity index is 2.02. The predicted octanol–water partition coefficient (Wildman–Crippen LogP) is 2.65. The molecule has 1 fully saturated rings. The molecule has 1 aliphatic carbocycles. The van der Waals surface area contributed by atoms with Gasteiger partial charge >= 0.3 is 0 Å². The van der Waals surface area contributed by atoms with E-state index in [0.29, 0.717) is 6.61 Å². The minimum atomic E-state index is 0.0435. The van der Waals surface area contributed by atoms with Gasteiger partial charge < -0.3 is 19.2 Å². The molecule has 0 bridgehead atoms. The number of hydrogen-bond acceptors (Lipinski definition) is 4. The molecule has 2 rings (SSSR count). The Morgan fingerprint density at radius 1 is 1.39 bits per heavy atom. The summed E-state index contributed by atoms with van der Waals surface area (Å²) in [5.74, 6) is 1.83. The summed E-state index contributed by atoms with van der Waals surface area (Å²) in [4.78, 5) is 0. The third-order valence-corrected chi connectivity index (χ3v) is 3.93. The third kappa shape index (κ3) is 2.76. The van der Waals surface area contributed by atoms with Crippen LogP contribution in [0.4, 0.5) is 0 Å². The van der Waals surface area contributed by atoms with Crippen LogP contribution in [0.2, 0.25) is 0 Å². The molecule has 0 saturated heterocycles. The van der Waals surface area contributed by atoms with Crippen molar-refractivity contribution in [2.24, 2.45) is 0 Å². The number of methoxy groups -OCH3 is 2. The zero-order chi connectivity index (χ0) is 13.0. The van der Waals surface area contributed by atoms with E-state index in [1.807, 2.05) is 26.3 Å². The lowest BCUT2D eigenvalue weighted by molar-refractivity contribution is -0.0846. The van der Waals surface area contributed by atoms with Crippen molar-refractivity contribution in [3.8, 4) is 0 Å². The minimum absolute atomic E-state index is 0.0435. The average molecular weight is 253 g/mol. The van der Waals surface area contributed by atoms with Gasteiger partial charge in [-0.1, -0.05) is 0 Å². The molecule has 4 heteroatoms. The lowest BCUT2D eigenvalue weighted by Crippen LogP contribution is -2.42. The summed E-state index contributed by atoms with van der Waals surface area (Å²) in [6.07, 6.45) is 4.51. The molecule has 1 heterocycles. The Labute approximate surface area is 109 Å². The summed E-state index contributed by atoms with van der Waals surface area (Å²) in [6, 6.07) is 4.21. The first-order valence-electron chi connectivity index (χ1n) is 6.53. The van der Waals surface area contributed by atoms with E-state index in [-0.39, 0.29) is 11.6 Å². The summed E-state index contributed by atoms with van der Waals surface area (Å²) >= 11 is 0. The molecule has 4 nitrogen and oxygen atoms in total. The Bertz CT molecular complexity index is 365. The molecule has 1 aromatic heterocycles. The van der Waals surface area contributed by atoms with E-state index in [2.05, 4.69) is 5.32 Å². The van der Waals surface area contributed by atoms with Crippen molar-refractivity contribution < 1.29 is 13.9 Å². The molecule has 0 radical (unpaired) electrons. The SMILES string of the molecule is CNC(CC1(OC)CCC1)c1ccc(COC)o1. The maximum Gasteiger partial charge on any atom is 0.129 e. The summed E-state index contributed by atoms with van der Waals surface area (Å²) < 4.78 is 16.5. The molecular formula is C14H23NO3. The predicted molar refractivity (Wildman–Crippen MR) is 69.4 cm³/mol. The van der Waals surface area contributed by atoms with Gasteiger partial charge in [-0.2, -0.15) is 0 Å². The van der Waals surface area contributed by atoms with Crippen molar-refractivity contribution in [1.29, 1.82) is 0 Å². The Morgan fingerprint density at radius 3 is 2.67 bits per heavy atom. The molecular weight excluding hydrogens is 230 g/mol. The molecule has 1 saturated carbocycles. The van der Waals surface area contributed by atoms with E-state index in [4.69, 9.17) is 13.9 Å². The average Bonchev–Trinajstić information content (AvgIpc) is 2.78. The third-order valence-electron chi connectivity index (χ3n) is 3.93. The van der Waals surface area contributed by atoms with Gasteiger partial charge in [0, 0.05) is 14.2 Å². The van der Waals surface area contributed by atoms with E-state index < -0.39 is 0 Å². The second-order valence-electron chi connectivity index (χ2n) is 5.02. The summed E-state index contributed by atoms with van der Waals surface area (Å²) in [6.45, 7) is 0.520. The molecule has 0 aromatic carbocycles. The fourth-order valence-electron chi connectivity index (χ4n) is 2.58. The highest BCUT2D eigenvalue weighted by molar-refractivity contribution is 5.12. The molecule has 0 spiro atoms. The van der Waals surface area contributed by atoms with Crippen LogP contribution < -0.4 is 5.32 Å². The smallest absolute Gasteiger partial charge is 0.129 e. The van der Waals surface area contributed by atoms with Crippen molar-refractivity contribution in [3.05, 3.63) is 23.7 Å². The van der Waals surface area contributed by atoms with Crippen LogP contribution in [-0.4, -0.2) is 26.9 Å². The Morgan fingerprint density at radius 2 is 2.17 bits per heavy atom. The van der Waals surface area contributed by atoms with Crippen LogP contribution in [0, 0.1) is 0 Å². The fourth-order valence-corrected chi connectivity index (χ4v) is 2.58. The second-order valence-corrected chi connectivity index (χ2v) is 5.02. The normalized spacial score (nSPS) is 19.5. The van der Waals surface area contributed by atoms with Gasteiger partial charge in [0.25, 0.3) is 0 Å². The molecule has 1 atom stereocenters. The van der Waals surface area contributed by atoms with E-state index in [1.165, 1.54) is 6.42 Å². The number of nitrogens with one attached hydrogen (secondary N) is 1. The van der Waals surface area contributed by atoms with E-state index in [0.717, 1.165) is 30.8 Å². The number of hydrogen-bond donors (Lipinski definition) is 1. The van der Waals surface area contributed by atoms with E-state index in [1.54, 1.807) is 7.11 Å². The van der Waals surface area contributed by atoms with Crippen LogP contribution in [0.5, 0.6) is 0 Å². The molecule has 0 amide bonds. The molecule has 1 unspecified atom stereocenters. The molecule has 1 N–H and O–H groups in total. The number of furan rings is 1. The van der Waals surface area contributed by atoms with Crippen LogP contribution in [0.15, 0.2) is 16.5 Å². The first kappa shape index (κ1) is 13.6. The summed E-state index contributed by atoms with van der Waals surface area (Å²) in [5.41, 5.74) is 0.0435. The van der Waals surface area contributed by atoms with Gasteiger partial charge in [-0.15, -0.1) is 0 Å². The zero-order valence-corrected chi connectivity index (χ0v) is 11.5. The molecule has 102 valence electrons. The first-order valence-corrected chi connectivity index (χ1v) is 6.53. The Hall–Kier alpha value is -0.840. The standard InChI is InChI=1S/C14H23NO3/c1-15-12(9-14(17-3)7-4-8-14)13-6-5-11(18-13)10-16-2/h5-6,12,15H,4,7-10H2,1-3H3. The quantitative estimate of drug-likeness (QED) is 0.811. The van der Waals surface area contributed by atoms with Crippen LogP contribution in [0.25, 0.3) is 0 Å². The van der Waals surface area contributed by atoms with Gasteiger partial charge in [-0.25, -0.2) is 0 Å². The van der Waals surface area contributed by atoms with Crippen molar-refractivity contribution in [1.82, 2.24) is 5.32 Å². The van der Waals surface area contributed by atoms with Gasteiger partial charge in [0.15, 0.2) is 0 Å². The zero-order valence-electron chi connectivity index (χ0n) is 11.5. The van der Waals surface area contributed by atoms with Gasteiger partial charge in [0.2, 0.25) is 0 Å². The number of ether oxygens (including phenoxy) is 2. The van der Waals surface area contributed by atoms with Crippen molar-refractivity contribution >= 4 is 0 Å². The van der Waals surface area contributed by atoms with Crippen molar-refractivity contribution in [3.63, 3.8) is 0 Å². The van der Waals surface area contributed by atoms with Gasteiger partial charge in [-0.3, -0.25) is 0 Å². The lowest BCUT2D eigenvalue weighted by atomic mass is 9.75. The van der Waals surface area contributed by atoms with E-state index in [9.17, 15) is 0 Å². The van der Waals surface area contributed by atoms with Crippen LogP contribution >= 0.6 is 0 Å². The van der Waals surface area contributed by atoms with E-state index >= 15 is 0 Å². The molecule has 1 aliphatic rings. The van der Waals surface area contributed by atoms with Crippen LogP contribution in [-0.2, 0) is 16.1 Å². The summed E-state index contributed by atoms with van der Waals surface area (Å²) in [7, 11) is 5.45. The Kier molecular flexibility index (Phi) is 4.43. The van der Waals surface area contributed by atoms with Crippen LogP contribution in [0.1, 0.15) is 43.2 Å². The van der Waals surface area contributed by atoms with Gasteiger partial charge in [-0.05, 0) is 44.9 Å². The molecule has 0 aliphatic heterocycles.